The molecule has 7 heteroatoms. The van der Waals surface area contributed by atoms with Gasteiger partial charge in [-0.3, -0.25) is 4.99 Å². The minimum absolute atomic E-state index is 0. The molecule has 2 N–H and O–H groups in total. The highest BCUT2D eigenvalue weighted by Crippen LogP contribution is 2.28. The zero-order valence-corrected chi connectivity index (χ0v) is 16.5. The van der Waals surface area contributed by atoms with Gasteiger partial charge in [-0.25, -0.2) is 9.37 Å². The van der Waals surface area contributed by atoms with Crippen molar-refractivity contribution in [3.63, 3.8) is 0 Å². The van der Waals surface area contributed by atoms with E-state index in [-0.39, 0.29) is 29.8 Å². The summed E-state index contributed by atoms with van der Waals surface area (Å²) in [7, 11) is 1.76. The monoisotopic (exact) mass is 456 g/mol. The quantitative estimate of drug-likeness (QED) is 0.410. The van der Waals surface area contributed by atoms with Gasteiger partial charge in [0.15, 0.2) is 5.96 Å². The fourth-order valence-corrected chi connectivity index (χ4v) is 2.31. The van der Waals surface area contributed by atoms with E-state index < -0.39 is 0 Å². The average molecular weight is 456 g/mol. The molecule has 1 aromatic carbocycles. The highest BCUT2D eigenvalue weighted by molar-refractivity contribution is 14.0. The fraction of sp³-hybridized carbons (Fsp3) is 0.333. The van der Waals surface area contributed by atoms with Crippen LogP contribution in [0.1, 0.15) is 18.9 Å². The van der Waals surface area contributed by atoms with Crippen LogP contribution in [0.5, 0.6) is 11.6 Å². The van der Waals surface area contributed by atoms with E-state index in [1.165, 1.54) is 18.6 Å². The highest BCUT2D eigenvalue weighted by Gasteiger charge is 2.33. The molecule has 2 unspecified atom stereocenters. The van der Waals surface area contributed by atoms with Gasteiger partial charge < -0.3 is 15.4 Å². The van der Waals surface area contributed by atoms with Crippen molar-refractivity contribution in [3.8, 4) is 11.6 Å². The molecule has 1 fully saturated rings. The summed E-state index contributed by atoms with van der Waals surface area (Å²) in [4.78, 5) is 8.46. The van der Waals surface area contributed by atoms with Crippen molar-refractivity contribution < 1.29 is 9.13 Å². The largest absolute Gasteiger partial charge is 0.439 e. The molecule has 25 heavy (non-hydrogen) atoms. The van der Waals surface area contributed by atoms with E-state index >= 15 is 0 Å². The van der Waals surface area contributed by atoms with E-state index in [0.717, 1.165) is 11.5 Å². The number of halogens is 2. The molecular formula is C18H22FIN4O. The summed E-state index contributed by atoms with van der Waals surface area (Å²) < 4.78 is 18.7. The molecule has 0 aliphatic heterocycles. The van der Waals surface area contributed by atoms with Crippen LogP contribution in [0.2, 0.25) is 0 Å². The molecule has 3 rings (SSSR count). The maximum Gasteiger partial charge on any atom is 0.219 e. The lowest BCUT2D eigenvalue weighted by Crippen LogP contribution is -2.38. The van der Waals surface area contributed by atoms with Crippen LogP contribution >= 0.6 is 24.0 Å². The van der Waals surface area contributed by atoms with Crippen LogP contribution < -0.4 is 15.4 Å². The van der Waals surface area contributed by atoms with Crippen LogP contribution in [-0.4, -0.2) is 24.0 Å². The summed E-state index contributed by atoms with van der Waals surface area (Å²) in [6, 6.07) is 10.2. The lowest BCUT2D eigenvalue weighted by molar-refractivity contribution is 0.457. The Hall–Kier alpha value is -1.90. The van der Waals surface area contributed by atoms with Gasteiger partial charge in [0.05, 0.1) is 0 Å². The average Bonchev–Trinajstić information content (AvgIpc) is 3.28. The molecule has 1 aliphatic carbocycles. The Balaban J connectivity index is 0.00000225. The lowest BCUT2D eigenvalue weighted by atomic mass is 10.3. The minimum atomic E-state index is -0.336. The normalized spacial score (nSPS) is 18.9. The third kappa shape index (κ3) is 5.84. The number of hydrogen-bond acceptors (Lipinski definition) is 3. The Kier molecular flexibility index (Phi) is 6.98. The van der Waals surface area contributed by atoms with Gasteiger partial charge in [0.25, 0.3) is 0 Å². The first kappa shape index (κ1) is 19.4. The molecule has 5 nitrogen and oxygen atoms in total. The summed E-state index contributed by atoms with van der Waals surface area (Å²) in [5.41, 5.74) is 1.01. The smallest absolute Gasteiger partial charge is 0.219 e. The Morgan fingerprint density at radius 2 is 2.16 bits per heavy atom. The zero-order valence-electron chi connectivity index (χ0n) is 14.2. The summed E-state index contributed by atoms with van der Waals surface area (Å²) in [6.07, 6.45) is 2.92. The molecule has 0 radical (unpaired) electrons. The van der Waals surface area contributed by atoms with Crippen LogP contribution in [0.4, 0.5) is 4.39 Å². The predicted molar refractivity (Wildman–Crippen MR) is 107 cm³/mol. The van der Waals surface area contributed by atoms with Gasteiger partial charge in [-0.05, 0) is 30.0 Å². The van der Waals surface area contributed by atoms with Crippen LogP contribution in [0.15, 0.2) is 47.6 Å². The maximum atomic E-state index is 13.1. The first-order valence-electron chi connectivity index (χ1n) is 7.99. The van der Waals surface area contributed by atoms with Gasteiger partial charge >= 0.3 is 0 Å². The molecule has 0 spiro atoms. The second-order valence-corrected chi connectivity index (χ2v) is 5.95. The third-order valence-electron chi connectivity index (χ3n) is 3.93. The Morgan fingerprint density at radius 1 is 1.36 bits per heavy atom. The third-order valence-corrected chi connectivity index (χ3v) is 3.93. The second-order valence-electron chi connectivity index (χ2n) is 5.95. The van der Waals surface area contributed by atoms with Crippen molar-refractivity contribution in [2.24, 2.45) is 10.9 Å². The topological polar surface area (TPSA) is 58.5 Å². The molecule has 1 saturated carbocycles. The van der Waals surface area contributed by atoms with Gasteiger partial charge in [0.1, 0.15) is 11.6 Å². The van der Waals surface area contributed by atoms with Gasteiger partial charge in [-0.15, -0.1) is 24.0 Å². The van der Waals surface area contributed by atoms with Gasteiger partial charge in [0, 0.05) is 38.0 Å². The molecule has 2 atom stereocenters. The Labute approximate surface area is 164 Å². The SMILES string of the molecule is CN=C(NCc1ccc(Oc2cccc(F)c2)nc1)NC1CC1C.I. The number of hydrogen-bond donors (Lipinski definition) is 2. The van der Waals surface area contributed by atoms with Gasteiger partial charge in [-0.2, -0.15) is 0 Å². The summed E-state index contributed by atoms with van der Waals surface area (Å²) >= 11 is 0. The number of rotatable bonds is 5. The van der Waals surface area contributed by atoms with Gasteiger partial charge in [-0.1, -0.05) is 19.1 Å². The van der Waals surface area contributed by atoms with E-state index in [1.807, 2.05) is 6.07 Å². The molecule has 0 bridgehead atoms. The number of aromatic nitrogens is 1. The van der Waals surface area contributed by atoms with Crippen molar-refractivity contribution in [3.05, 3.63) is 54.0 Å². The number of guanidine groups is 1. The molecule has 134 valence electrons. The lowest BCUT2D eigenvalue weighted by Gasteiger charge is -2.11. The number of aliphatic imine (C=N–C) groups is 1. The van der Waals surface area contributed by atoms with Crippen molar-refractivity contribution in [2.75, 3.05) is 7.05 Å². The zero-order chi connectivity index (χ0) is 16.9. The Bertz CT molecular complexity index is 723. The summed E-state index contributed by atoms with van der Waals surface area (Å²) in [5.74, 6) is 2.03. The van der Waals surface area contributed by atoms with Crippen LogP contribution in [0.25, 0.3) is 0 Å². The predicted octanol–water partition coefficient (Wildman–Crippen LogP) is 3.70. The number of pyridine rings is 1. The fourth-order valence-electron chi connectivity index (χ4n) is 2.31. The first-order chi connectivity index (χ1) is 11.6. The van der Waals surface area contributed by atoms with E-state index in [9.17, 15) is 4.39 Å². The standard InChI is InChI=1S/C18H21FN4O.HI/c1-12-8-16(12)23-18(20-2)22-11-13-6-7-17(21-10-13)24-15-5-3-4-14(19)9-15;/h3-7,9-10,12,16H,8,11H2,1-2H3,(H2,20,22,23);1H. The van der Waals surface area contributed by atoms with Crippen molar-refractivity contribution in [2.45, 2.75) is 25.9 Å². The van der Waals surface area contributed by atoms with Crippen molar-refractivity contribution in [1.29, 1.82) is 0 Å². The van der Waals surface area contributed by atoms with Crippen LogP contribution in [0.3, 0.4) is 0 Å². The van der Waals surface area contributed by atoms with E-state index in [0.29, 0.717) is 30.1 Å². The number of ether oxygens (including phenoxy) is 1. The molecule has 1 aromatic heterocycles. The van der Waals surface area contributed by atoms with Crippen molar-refractivity contribution >= 4 is 29.9 Å². The molecule has 1 aliphatic rings. The van der Waals surface area contributed by atoms with E-state index in [4.69, 9.17) is 4.74 Å². The van der Waals surface area contributed by atoms with E-state index in [2.05, 4.69) is 27.5 Å². The summed E-state index contributed by atoms with van der Waals surface area (Å²) in [6.45, 7) is 2.83. The number of benzene rings is 1. The van der Waals surface area contributed by atoms with E-state index in [1.54, 1.807) is 31.4 Å². The molecule has 0 amide bonds. The molecule has 0 saturated heterocycles. The Morgan fingerprint density at radius 3 is 2.76 bits per heavy atom. The van der Waals surface area contributed by atoms with Crippen molar-refractivity contribution in [1.82, 2.24) is 15.6 Å². The molecule has 2 aromatic rings. The minimum Gasteiger partial charge on any atom is -0.439 e. The number of nitrogens with one attached hydrogen (secondary N) is 2. The maximum absolute atomic E-state index is 13.1. The molecular weight excluding hydrogens is 434 g/mol. The highest BCUT2D eigenvalue weighted by atomic mass is 127. The van der Waals surface area contributed by atoms with Crippen LogP contribution in [0, 0.1) is 11.7 Å². The second kappa shape index (κ2) is 8.98. The molecule has 1 heterocycles. The summed E-state index contributed by atoms with van der Waals surface area (Å²) in [5, 5.41) is 6.63. The van der Waals surface area contributed by atoms with Crippen LogP contribution in [-0.2, 0) is 6.54 Å². The number of nitrogens with zero attached hydrogens (tertiary/aromatic N) is 2. The van der Waals surface area contributed by atoms with Gasteiger partial charge in [0.2, 0.25) is 5.88 Å². The first-order valence-corrected chi connectivity index (χ1v) is 7.99.